The van der Waals surface area contributed by atoms with Crippen LogP contribution in [0.3, 0.4) is 0 Å². The van der Waals surface area contributed by atoms with Crippen LogP contribution in [0.2, 0.25) is 0 Å². The lowest BCUT2D eigenvalue weighted by atomic mass is 10.2. The molecule has 16 heavy (non-hydrogen) atoms. The van der Waals surface area contributed by atoms with E-state index >= 15 is 0 Å². The number of hydrogen-bond acceptors (Lipinski definition) is 3. The van der Waals surface area contributed by atoms with Gasteiger partial charge in [-0.05, 0) is 13.8 Å². The number of nitrogens with two attached hydrogens (primary N) is 1. The summed E-state index contributed by atoms with van der Waals surface area (Å²) in [6, 6.07) is -1.53. The number of hydrogen-bond donors (Lipinski definition) is 3. The van der Waals surface area contributed by atoms with Crippen molar-refractivity contribution >= 4 is 17.9 Å². The number of carbonyl (C=O) groups excluding carboxylic acids is 2. The summed E-state index contributed by atoms with van der Waals surface area (Å²) in [5.41, 5.74) is 4.88. The maximum Gasteiger partial charge on any atom is 0.312 e. The number of carboxylic acid groups (broad SMARTS) is 1. The first-order valence-corrected chi connectivity index (χ1v) is 4.95. The smallest absolute Gasteiger partial charge is 0.312 e. The van der Waals surface area contributed by atoms with Crippen molar-refractivity contribution in [3.63, 3.8) is 0 Å². The summed E-state index contributed by atoms with van der Waals surface area (Å²) in [5, 5.41) is 10.7. The number of carboxylic acids is 1. The van der Waals surface area contributed by atoms with E-state index in [4.69, 9.17) is 10.8 Å². The molecule has 0 fully saturated rings. The second kappa shape index (κ2) is 6.65. The number of nitrogens with zero attached hydrogens (tertiary/aromatic N) is 1. The van der Waals surface area contributed by atoms with E-state index in [1.54, 1.807) is 6.92 Å². The molecule has 0 radical (unpaired) electrons. The van der Waals surface area contributed by atoms with E-state index in [9.17, 15) is 14.4 Å². The predicted octanol–water partition coefficient (Wildman–Crippen LogP) is -0.634. The van der Waals surface area contributed by atoms with Crippen LogP contribution in [-0.2, 0) is 9.59 Å². The van der Waals surface area contributed by atoms with Crippen LogP contribution in [-0.4, -0.2) is 47.0 Å². The average molecular weight is 231 g/mol. The summed E-state index contributed by atoms with van der Waals surface area (Å²) in [6.07, 6.45) is -0.122. The van der Waals surface area contributed by atoms with Gasteiger partial charge in [-0.2, -0.15) is 0 Å². The van der Waals surface area contributed by atoms with Crippen LogP contribution in [0.1, 0.15) is 20.3 Å². The molecule has 0 saturated carbocycles. The van der Waals surface area contributed by atoms with Crippen LogP contribution in [0.15, 0.2) is 0 Å². The predicted molar refractivity (Wildman–Crippen MR) is 56.7 cm³/mol. The molecule has 92 valence electrons. The lowest BCUT2D eigenvalue weighted by Gasteiger charge is -2.23. The van der Waals surface area contributed by atoms with Crippen molar-refractivity contribution in [2.24, 2.45) is 5.73 Å². The topological polar surface area (TPSA) is 113 Å². The molecule has 0 aliphatic rings. The zero-order chi connectivity index (χ0) is 12.7. The maximum absolute atomic E-state index is 11.7. The van der Waals surface area contributed by atoms with Crippen LogP contribution in [0.4, 0.5) is 4.79 Å². The number of aliphatic carboxylic acids is 1. The molecule has 0 aromatic rings. The van der Waals surface area contributed by atoms with Crippen LogP contribution >= 0.6 is 0 Å². The van der Waals surface area contributed by atoms with E-state index in [0.29, 0.717) is 6.54 Å². The molecule has 0 saturated heterocycles. The minimum atomic E-state index is -0.971. The Hall–Kier alpha value is -1.79. The molecule has 4 N–H and O–H groups in total. The van der Waals surface area contributed by atoms with Crippen molar-refractivity contribution < 1.29 is 19.5 Å². The van der Waals surface area contributed by atoms with Crippen molar-refractivity contribution in [1.29, 1.82) is 0 Å². The van der Waals surface area contributed by atoms with Gasteiger partial charge in [-0.15, -0.1) is 0 Å². The van der Waals surface area contributed by atoms with Gasteiger partial charge in [-0.3, -0.25) is 9.59 Å². The molecule has 7 heteroatoms. The quantitative estimate of drug-likeness (QED) is 0.564. The number of primary amides is 1. The monoisotopic (exact) mass is 231 g/mol. The molecule has 0 heterocycles. The Kier molecular flexibility index (Phi) is 5.91. The van der Waals surface area contributed by atoms with Gasteiger partial charge in [0.05, 0.1) is 6.42 Å². The zero-order valence-corrected chi connectivity index (χ0v) is 9.40. The van der Waals surface area contributed by atoms with Crippen LogP contribution < -0.4 is 11.1 Å². The second-order valence-corrected chi connectivity index (χ2v) is 3.29. The van der Waals surface area contributed by atoms with Crippen molar-refractivity contribution in [3.8, 4) is 0 Å². The van der Waals surface area contributed by atoms with Gasteiger partial charge < -0.3 is 21.1 Å². The van der Waals surface area contributed by atoms with Gasteiger partial charge in [0, 0.05) is 13.1 Å². The molecular weight excluding hydrogens is 214 g/mol. The Morgan fingerprint density at radius 3 is 2.38 bits per heavy atom. The van der Waals surface area contributed by atoms with Crippen LogP contribution in [0.25, 0.3) is 0 Å². The standard InChI is InChI=1S/C9H17N3O4/c1-3-12(5-4-7(13)14)8(15)6(2)11-9(10)16/h6H,3-5H2,1-2H3,(H,13,14)(H3,10,11,16). The van der Waals surface area contributed by atoms with Crippen LogP contribution in [0, 0.1) is 0 Å². The van der Waals surface area contributed by atoms with E-state index < -0.39 is 18.0 Å². The van der Waals surface area contributed by atoms with Crippen LogP contribution in [0.5, 0.6) is 0 Å². The molecule has 1 unspecified atom stereocenters. The summed E-state index contributed by atoms with van der Waals surface area (Å²) >= 11 is 0. The molecule has 1 atom stereocenters. The SMILES string of the molecule is CCN(CCC(=O)O)C(=O)C(C)NC(N)=O. The van der Waals surface area contributed by atoms with E-state index in [-0.39, 0.29) is 18.9 Å². The summed E-state index contributed by atoms with van der Waals surface area (Å²) in [5.74, 6) is -1.32. The molecule has 3 amide bonds. The molecule has 0 rings (SSSR count). The highest BCUT2D eigenvalue weighted by molar-refractivity contribution is 5.86. The molecule has 0 aliphatic heterocycles. The van der Waals surface area contributed by atoms with E-state index in [1.165, 1.54) is 11.8 Å². The molecule has 0 bridgehead atoms. The largest absolute Gasteiger partial charge is 0.481 e. The Morgan fingerprint density at radius 1 is 1.44 bits per heavy atom. The third-order valence-corrected chi connectivity index (χ3v) is 2.02. The van der Waals surface area contributed by atoms with Gasteiger partial charge >= 0.3 is 12.0 Å². The number of carbonyl (C=O) groups is 3. The minimum absolute atomic E-state index is 0.120. The Labute approximate surface area is 93.6 Å². The molecular formula is C9H17N3O4. The number of nitrogens with one attached hydrogen (secondary N) is 1. The fourth-order valence-corrected chi connectivity index (χ4v) is 1.20. The van der Waals surface area contributed by atoms with Gasteiger partial charge in [-0.1, -0.05) is 0 Å². The first-order valence-electron chi connectivity index (χ1n) is 4.95. The minimum Gasteiger partial charge on any atom is -0.481 e. The first-order chi connectivity index (χ1) is 7.38. The highest BCUT2D eigenvalue weighted by Gasteiger charge is 2.20. The number of amides is 3. The fraction of sp³-hybridized carbons (Fsp3) is 0.667. The van der Waals surface area contributed by atoms with Crippen molar-refractivity contribution in [2.75, 3.05) is 13.1 Å². The van der Waals surface area contributed by atoms with E-state index in [2.05, 4.69) is 5.32 Å². The number of rotatable bonds is 6. The summed E-state index contributed by atoms with van der Waals surface area (Å²) in [6.45, 7) is 3.74. The number of urea groups is 1. The molecule has 0 spiro atoms. The molecule has 0 aromatic carbocycles. The Balaban J connectivity index is 4.28. The van der Waals surface area contributed by atoms with E-state index in [0.717, 1.165) is 0 Å². The highest BCUT2D eigenvalue weighted by atomic mass is 16.4. The fourth-order valence-electron chi connectivity index (χ4n) is 1.20. The molecule has 0 aromatic heterocycles. The Morgan fingerprint density at radius 2 is 2.00 bits per heavy atom. The van der Waals surface area contributed by atoms with Gasteiger partial charge in [0.15, 0.2) is 0 Å². The van der Waals surface area contributed by atoms with Crippen molar-refractivity contribution in [2.45, 2.75) is 26.3 Å². The normalized spacial score (nSPS) is 11.6. The van der Waals surface area contributed by atoms with Gasteiger partial charge in [0.1, 0.15) is 6.04 Å². The molecule has 0 aliphatic carbocycles. The third-order valence-electron chi connectivity index (χ3n) is 2.02. The third kappa shape index (κ3) is 5.18. The van der Waals surface area contributed by atoms with Gasteiger partial charge in [0.2, 0.25) is 5.91 Å². The number of likely N-dealkylation sites (N-methyl/N-ethyl adjacent to an activating group) is 1. The summed E-state index contributed by atoms with van der Waals surface area (Å²) < 4.78 is 0. The lowest BCUT2D eigenvalue weighted by molar-refractivity contribution is -0.138. The average Bonchev–Trinajstić information content (AvgIpc) is 2.16. The second-order valence-electron chi connectivity index (χ2n) is 3.29. The summed E-state index contributed by atoms with van der Waals surface area (Å²) in [7, 11) is 0. The first kappa shape index (κ1) is 14.2. The van der Waals surface area contributed by atoms with Gasteiger partial charge in [-0.25, -0.2) is 4.79 Å². The maximum atomic E-state index is 11.7. The van der Waals surface area contributed by atoms with Crippen molar-refractivity contribution in [1.82, 2.24) is 10.2 Å². The van der Waals surface area contributed by atoms with E-state index in [1.807, 2.05) is 0 Å². The van der Waals surface area contributed by atoms with Gasteiger partial charge in [0.25, 0.3) is 0 Å². The Bertz CT molecular complexity index is 280. The lowest BCUT2D eigenvalue weighted by Crippen LogP contribution is -2.48. The highest BCUT2D eigenvalue weighted by Crippen LogP contribution is 1.97. The summed E-state index contributed by atoms with van der Waals surface area (Å²) in [4.78, 5) is 33.9. The van der Waals surface area contributed by atoms with Crippen molar-refractivity contribution in [3.05, 3.63) is 0 Å². The zero-order valence-electron chi connectivity index (χ0n) is 9.40. The molecule has 7 nitrogen and oxygen atoms in total.